The summed E-state index contributed by atoms with van der Waals surface area (Å²) in [4.78, 5) is 6.48. The summed E-state index contributed by atoms with van der Waals surface area (Å²) in [5.74, 6) is 0. The molecule has 0 aliphatic carbocycles. The van der Waals surface area contributed by atoms with E-state index in [-0.39, 0.29) is 20.1 Å². The number of nitrogens with zero attached hydrogens (tertiary/aromatic N) is 4. The van der Waals surface area contributed by atoms with E-state index in [4.69, 9.17) is 0 Å². The summed E-state index contributed by atoms with van der Waals surface area (Å²) in [6.07, 6.45) is 5.41. The number of para-hydroxylation sites is 1. The van der Waals surface area contributed by atoms with Crippen molar-refractivity contribution >= 4 is 33.2 Å². The molecule has 0 saturated carbocycles. The molecular weight excluding hydrogens is 693 g/mol. The molecule has 5 aromatic carbocycles. The third kappa shape index (κ3) is 4.92. The number of rotatable bonds is 2. The van der Waals surface area contributed by atoms with Crippen LogP contribution in [0.3, 0.4) is 0 Å². The Kier molecular flexibility index (Phi) is 7.47. The molecule has 8 rings (SSSR count). The van der Waals surface area contributed by atoms with Gasteiger partial charge in [0.1, 0.15) is 5.52 Å². The van der Waals surface area contributed by atoms with Gasteiger partial charge in [0, 0.05) is 24.6 Å². The molecule has 0 unspecified atom stereocenters. The summed E-state index contributed by atoms with van der Waals surface area (Å²) >= 11 is 0. The molecule has 1 aliphatic heterocycles. The van der Waals surface area contributed by atoms with Crippen molar-refractivity contribution in [3.8, 4) is 22.6 Å². The molecule has 42 heavy (non-hydrogen) atoms. The molecule has 0 saturated heterocycles. The molecule has 5 heteroatoms. The number of aromatic nitrogens is 3. The van der Waals surface area contributed by atoms with Gasteiger partial charge in [-0.25, -0.2) is 0 Å². The third-order valence-corrected chi connectivity index (χ3v) is 7.47. The smallest absolute Gasteiger partial charge is 0.390 e. The van der Waals surface area contributed by atoms with Gasteiger partial charge in [-0.15, -0.1) is 70.9 Å². The van der Waals surface area contributed by atoms with Crippen molar-refractivity contribution in [2.45, 2.75) is 13.8 Å². The first kappa shape index (κ1) is 27.6. The Hall–Kier alpha value is -4.57. The molecule has 0 atom stereocenters. The molecule has 3 heterocycles. The van der Waals surface area contributed by atoms with Crippen molar-refractivity contribution < 1.29 is 24.7 Å². The van der Waals surface area contributed by atoms with E-state index < -0.39 is 0 Å². The van der Waals surface area contributed by atoms with Gasteiger partial charge in [-0.3, -0.25) is 4.57 Å². The molecule has 0 bridgehead atoms. The zero-order valence-corrected chi connectivity index (χ0v) is 26.0. The maximum absolute atomic E-state index is 4.22. The van der Waals surface area contributed by atoms with Crippen molar-refractivity contribution in [1.29, 1.82) is 0 Å². The molecule has 2 aromatic heterocycles. The van der Waals surface area contributed by atoms with Crippen LogP contribution in [0, 0.1) is 32.3 Å². The fourth-order valence-electron chi connectivity index (χ4n) is 5.62. The zero-order valence-electron chi connectivity index (χ0n) is 23.6. The average Bonchev–Trinajstić information content (AvgIpc) is 3.41. The van der Waals surface area contributed by atoms with Crippen LogP contribution >= 0.6 is 0 Å². The van der Waals surface area contributed by atoms with Crippen molar-refractivity contribution in [2.75, 3.05) is 11.9 Å². The summed E-state index contributed by atoms with van der Waals surface area (Å²) in [7, 11) is 2.13. The Bertz CT molecular complexity index is 1970. The SMILES string of the molecule is Cc1cc(C)cc(-n2[c-][n+]3c4c(cccc42)N(C)c2cc4ccccc4[c-]c2-3)c1.[Ir+3].[c-]1ccccc1-c1ccccn1. The van der Waals surface area contributed by atoms with Crippen LogP contribution in [-0.2, 0) is 20.1 Å². The van der Waals surface area contributed by atoms with E-state index in [9.17, 15) is 0 Å². The van der Waals surface area contributed by atoms with Crippen LogP contribution in [0.25, 0.3) is 44.4 Å². The average molecular weight is 721 g/mol. The summed E-state index contributed by atoms with van der Waals surface area (Å²) in [5, 5.41) is 2.32. The minimum atomic E-state index is 0. The third-order valence-electron chi connectivity index (χ3n) is 7.47. The summed E-state index contributed by atoms with van der Waals surface area (Å²) in [6, 6.07) is 44.2. The van der Waals surface area contributed by atoms with E-state index in [0.717, 1.165) is 44.7 Å². The molecule has 204 valence electrons. The van der Waals surface area contributed by atoms with Crippen LogP contribution in [0.4, 0.5) is 11.4 Å². The standard InChI is InChI=1S/C26H20N3.C11H8N.Ir/c1-17-11-18(2)13-21(12-17)28-16-29-25-15-20-8-5-4-7-19(20)14-24(25)27(3)22-9-6-10-23(28)26(22)29;1-2-6-10(7-3-1)11-8-4-5-9-12-11;/h4-14H,1-3H3;1-6,8-9H;/q2*-1;+3. The number of pyridine rings is 1. The monoisotopic (exact) mass is 721 g/mol. The van der Waals surface area contributed by atoms with Crippen LogP contribution in [0.15, 0.2) is 115 Å². The second kappa shape index (κ2) is 11.4. The predicted molar refractivity (Wildman–Crippen MR) is 166 cm³/mol. The van der Waals surface area contributed by atoms with E-state index in [0.29, 0.717) is 0 Å². The first-order valence-corrected chi connectivity index (χ1v) is 13.7. The van der Waals surface area contributed by atoms with E-state index in [2.05, 4.69) is 125 Å². The Morgan fingerprint density at radius 3 is 2.31 bits per heavy atom. The number of benzene rings is 5. The molecule has 0 amide bonds. The number of hydrogen-bond donors (Lipinski definition) is 0. The van der Waals surface area contributed by atoms with Gasteiger partial charge in [0.2, 0.25) is 0 Å². The fourth-order valence-corrected chi connectivity index (χ4v) is 5.62. The van der Waals surface area contributed by atoms with Crippen LogP contribution < -0.4 is 9.47 Å². The maximum atomic E-state index is 4.22. The molecule has 0 fully saturated rings. The molecular formula is C37H28IrN4+. The number of imidazole rings is 1. The van der Waals surface area contributed by atoms with Crippen LogP contribution in [-0.4, -0.2) is 16.6 Å². The van der Waals surface area contributed by atoms with Gasteiger partial charge in [-0.05, 0) is 49.5 Å². The van der Waals surface area contributed by atoms with Crippen molar-refractivity contribution in [2.24, 2.45) is 0 Å². The van der Waals surface area contributed by atoms with Crippen LogP contribution in [0.2, 0.25) is 0 Å². The van der Waals surface area contributed by atoms with E-state index in [1.54, 1.807) is 6.20 Å². The summed E-state index contributed by atoms with van der Waals surface area (Å²) in [5.41, 5.74) is 11.3. The first-order valence-electron chi connectivity index (χ1n) is 13.7. The van der Waals surface area contributed by atoms with Crippen molar-refractivity contribution in [3.05, 3.63) is 145 Å². The van der Waals surface area contributed by atoms with Gasteiger partial charge in [0.05, 0.1) is 11.2 Å². The number of hydrogen-bond acceptors (Lipinski definition) is 2. The predicted octanol–water partition coefficient (Wildman–Crippen LogP) is 7.91. The summed E-state index contributed by atoms with van der Waals surface area (Å²) < 4.78 is 4.34. The van der Waals surface area contributed by atoms with Gasteiger partial charge in [-0.1, -0.05) is 53.6 Å². The van der Waals surface area contributed by atoms with E-state index in [1.807, 2.05) is 42.5 Å². The van der Waals surface area contributed by atoms with E-state index in [1.165, 1.54) is 22.2 Å². The molecule has 7 aromatic rings. The Morgan fingerprint density at radius 2 is 1.55 bits per heavy atom. The normalized spacial score (nSPS) is 11.5. The molecule has 0 N–H and O–H groups in total. The van der Waals surface area contributed by atoms with Gasteiger partial charge in [-0.2, -0.15) is 0 Å². The van der Waals surface area contributed by atoms with Crippen molar-refractivity contribution in [3.63, 3.8) is 0 Å². The Labute approximate surface area is 259 Å². The van der Waals surface area contributed by atoms with Crippen molar-refractivity contribution in [1.82, 2.24) is 9.55 Å². The Balaban J connectivity index is 0.000000205. The molecule has 0 spiro atoms. The second-order valence-electron chi connectivity index (χ2n) is 10.4. The van der Waals surface area contributed by atoms with Crippen LogP contribution in [0.1, 0.15) is 11.1 Å². The van der Waals surface area contributed by atoms with E-state index >= 15 is 0 Å². The number of fused-ring (bicyclic) bond motifs is 3. The second-order valence-corrected chi connectivity index (χ2v) is 10.4. The summed E-state index contributed by atoms with van der Waals surface area (Å²) in [6.45, 7) is 4.28. The first-order chi connectivity index (χ1) is 20.1. The number of aryl methyl sites for hydroxylation is 2. The largest absolute Gasteiger partial charge is 3.00 e. The minimum absolute atomic E-state index is 0. The quantitative estimate of drug-likeness (QED) is 0.134. The topological polar surface area (TPSA) is 24.9 Å². The minimum Gasteiger partial charge on any atom is -0.390 e. The van der Waals surface area contributed by atoms with Gasteiger partial charge < -0.3 is 14.5 Å². The Morgan fingerprint density at radius 1 is 0.762 bits per heavy atom. The van der Waals surface area contributed by atoms with Gasteiger partial charge >= 0.3 is 20.1 Å². The van der Waals surface area contributed by atoms with Gasteiger partial charge in [0.15, 0.2) is 0 Å². The number of anilines is 2. The molecule has 4 nitrogen and oxygen atoms in total. The maximum Gasteiger partial charge on any atom is 3.00 e. The molecule has 0 radical (unpaired) electrons. The van der Waals surface area contributed by atoms with Gasteiger partial charge in [0.25, 0.3) is 6.33 Å². The van der Waals surface area contributed by atoms with Crippen LogP contribution in [0.5, 0.6) is 0 Å². The zero-order chi connectivity index (χ0) is 27.9. The fraction of sp³-hybridized carbons (Fsp3) is 0.0811. The molecule has 1 aliphatic rings.